The molecule has 0 spiro atoms. The van der Waals surface area contributed by atoms with Crippen molar-refractivity contribution in [3.63, 3.8) is 0 Å². The molecule has 3 fully saturated rings. The number of aromatic nitrogens is 2. The van der Waals surface area contributed by atoms with E-state index in [0.29, 0.717) is 74.0 Å². The van der Waals surface area contributed by atoms with E-state index < -0.39 is 43.4 Å². The summed E-state index contributed by atoms with van der Waals surface area (Å²) in [7, 11) is -4.66. The first-order chi connectivity index (χ1) is 43.3. The number of hydrogen-bond acceptors (Lipinski definition) is 14. The molecule has 2 atom stereocenters. The topological polar surface area (TPSA) is 250 Å². The van der Waals surface area contributed by atoms with Crippen molar-refractivity contribution in [3.8, 4) is 23.3 Å². The summed E-state index contributed by atoms with van der Waals surface area (Å²) in [6.45, 7) is 10.2. The van der Waals surface area contributed by atoms with E-state index in [1.807, 2.05) is 29.2 Å². The van der Waals surface area contributed by atoms with Crippen LogP contribution in [0.4, 0.5) is 17.1 Å². The monoisotopic (exact) mass is 1260 g/mol. The van der Waals surface area contributed by atoms with E-state index >= 15 is 0 Å². The number of H-pyrrole nitrogens is 1. The van der Waals surface area contributed by atoms with Crippen LogP contribution in [0.2, 0.25) is 5.02 Å². The molecule has 2 unspecified atom stereocenters. The van der Waals surface area contributed by atoms with E-state index in [2.05, 4.69) is 72.9 Å². The zero-order valence-corrected chi connectivity index (χ0v) is 52.4. The number of imide groups is 1. The molecule has 6 heterocycles. The Morgan fingerprint density at radius 3 is 2.51 bits per heavy atom. The van der Waals surface area contributed by atoms with Gasteiger partial charge in [0.2, 0.25) is 17.7 Å². The van der Waals surface area contributed by atoms with Crippen molar-refractivity contribution >= 4 is 84.8 Å². The lowest BCUT2D eigenvalue weighted by Crippen LogP contribution is -2.52. The molecular formula is C68H75ClN10O10S. The zero-order valence-electron chi connectivity index (χ0n) is 50.8. The molecule has 5 amide bonds. The fraction of sp³-hybridized carbons (Fsp3) is 0.412. The number of nitrogens with one attached hydrogen (secondary N) is 4. The Morgan fingerprint density at radius 1 is 0.911 bits per heavy atom. The minimum Gasteiger partial charge on any atom is -0.455 e. The van der Waals surface area contributed by atoms with Crippen molar-refractivity contribution in [3.05, 3.63) is 152 Å². The van der Waals surface area contributed by atoms with Crippen molar-refractivity contribution in [1.29, 1.82) is 0 Å². The number of sulfonamides is 1. The first kappa shape index (κ1) is 63.0. The van der Waals surface area contributed by atoms with E-state index in [-0.39, 0.29) is 59.0 Å². The second kappa shape index (κ2) is 27.7. The summed E-state index contributed by atoms with van der Waals surface area (Å²) < 4.78 is 36.5. The maximum absolute atomic E-state index is 14.2. The standard InChI is InChI=1S/C68H75ClN10O10S/c1-68(2)29-27-49(56(39-68)47-17-19-50(69)20-18-47)43-75-32-34-76(35-33-75)51-21-23-55(61(37-51)89-52-36-48-28-30-70-64(48)72-41-52)65(82)74-90(87,88)53-22-24-58(60(38-53)79(85)86)71-40-45-12-11-31-77(42-45)63(81)16-9-7-5-3-4-6-8-13-46-14-10-15-54-57(46)44-78(67(54)84)59-25-26-62(80)73-66(59)83/h10,14-15,17-24,28,30,36-38,41,45,59,71H,3-7,9,11-12,16,25-27,29,31-35,39-40,42-44H2,1-2H3,(H,70,72)(H,74,82)(H,73,80,83). The van der Waals surface area contributed by atoms with Gasteiger partial charge in [0.15, 0.2) is 0 Å². The minimum absolute atomic E-state index is 0.00657. The van der Waals surface area contributed by atoms with Crippen LogP contribution in [0.3, 0.4) is 0 Å². The highest BCUT2D eigenvalue weighted by atomic mass is 35.5. The van der Waals surface area contributed by atoms with Crippen LogP contribution in [0.5, 0.6) is 11.5 Å². The molecule has 90 heavy (non-hydrogen) atoms. The largest absolute Gasteiger partial charge is 0.455 e. The number of piperidine rings is 2. The smallest absolute Gasteiger partial charge is 0.293 e. The minimum atomic E-state index is -4.66. The van der Waals surface area contributed by atoms with E-state index in [0.717, 1.165) is 112 Å². The van der Waals surface area contributed by atoms with Crippen LogP contribution in [0, 0.1) is 33.3 Å². The van der Waals surface area contributed by atoms with Crippen LogP contribution in [0.25, 0.3) is 16.6 Å². The molecule has 3 saturated heterocycles. The normalized spacial score (nSPS) is 18.7. The number of aromatic amines is 1. The lowest BCUT2D eigenvalue weighted by molar-refractivity contribution is -0.384. The van der Waals surface area contributed by atoms with Gasteiger partial charge in [-0.25, -0.2) is 18.1 Å². The predicted molar refractivity (Wildman–Crippen MR) is 344 cm³/mol. The number of ether oxygens (including phenoxy) is 1. The third kappa shape index (κ3) is 15.0. The predicted octanol–water partition coefficient (Wildman–Crippen LogP) is 11.0. The van der Waals surface area contributed by atoms with Crippen LogP contribution in [-0.4, -0.2) is 126 Å². The summed E-state index contributed by atoms with van der Waals surface area (Å²) in [5.74, 6) is 4.95. The number of nitro benzene ring substituents is 1. The Kier molecular flexibility index (Phi) is 19.4. The Morgan fingerprint density at radius 2 is 1.71 bits per heavy atom. The van der Waals surface area contributed by atoms with Gasteiger partial charge in [-0.1, -0.05) is 80.3 Å². The molecule has 4 aliphatic heterocycles. The number of halogens is 1. The Hall–Kier alpha value is -8.58. The number of likely N-dealkylation sites (tertiary alicyclic amines) is 1. The van der Waals surface area contributed by atoms with Gasteiger partial charge in [-0.15, -0.1) is 0 Å². The molecule has 11 rings (SSSR count). The highest BCUT2D eigenvalue weighted by molar-refractivity contribution is 7.90. The van der Waals surface area contributed by atoms with Crippen LogP contribution in [0.1, 0.15) is 141 Å². The van der Waals surface area contributed by atoms with Crippen LogP contribution in [-0.2, 0) is 31.0 Å². The van der Waals surface area contributed by atoms with Crippen LogP contribution >= 0.6 is 11.6 Å². The Balaban J connectivity index is 0.659. The average Bonchev–Trinajstić information content (AvgIpc) is 1.57. The van der Waals surface area contributed by atoms with Crippen LogP contribution in [0.15, 0.2) is 114 Å². The number of nitro groups is 1. The molecule has 5 aliphatic rings. The molecule has 22 heteroatoms. The highest BCUT2D eigenvalue weighted by Crippen LogP contribution is 2.44. The number of fused-ring (bicyclic) bond motifs is 2. The first-order valence-corrected chi connectivity index (χ1v) is 33.0. The molecule has 0 bridgehead atoms. The molecule has 6 aromatic rings. The molecule has 0 radical (unpaired) electrons. The maximum Gasteiger partial charge on any atom is 0.293 e. The van der Waals surface area contributed by atoms with E-state index in [1.165, 1.54) is 46.0 Å². The Bertz CT molecular complexity index is 3960. The number of piperazine rings is 1. The van der Waals surface area contributed by atoms with Gasteiger partial charge in [-0.2, -0.15) is 0 Å². The van der Waals surface area contributed by atoms with Gasteiger partial charge in [-0.3, -0.25) is 44.3 Å². The molecule has 470 valence electrons. The molecule has 4 aromatic carbocycles. The number of rotatable bonds is 21. The quantitative estimate of drug-likeness (QED) is 0.0172. The summed E-state index contributed by atoms with van der Waals surface area (Å²) in [5.41, 5.74) is 7.33. The summed E-state index contributed by atoms with van der Waals surface area (Å²) in [4.78, 5) is 91.9. The number of benzene rings is 4. The van der Waals surface area contributed by atoms with Gasteiger partial charge in [0.25, 0.3) is 27.5 Å². The number of hydrogen-bond donors (Lipinski definition) is 4. The van der Waals surface area contributed by atoms with Crippen LogP contribution < -0.4 is 25.0 Å². The number of nitrogens with zero attached hydrogens (tertiary/aromatic N) is 6. The van der Waals surface area contributed by atoms with Crippen molar-refractivity contribution in [2.75, 3.05) is 62.6 Å². The second-order valence-corrected chi connectivity index (χ2v) is 27.1. The number of pyridine rings is 1. The first-order valence-electron chi connectivity index (χ1n) is 31.2. The molecule has 0 saturated carbocycles. The number of anilines is 2. The van der Waals surface area contributed by atoms with Crippen molar-refractivity contribution in [2.45, 2.75) is 121 Å². The number of unbranched alkanes of at least 4 members (excludes halogenated alkanes) is 5. The summed E-state index contributed by atoms with van der Waals surface area (Å²) >= 11 is 6.27. The third-order valence-electron chi connectivity index (χ3n) is 18.0. The number of amides is 5. The van der Waals surface area contributed by atoms with E-state index in [4.69, 9.17) is 16.3 Å². The van der Waals surface area contributed by atoms with E-state index in [9.17, 15) is 42.5 Å². The molecule has 4 N–H and O–H groups in total. The van der Waals surface area contributed by atoms with Crippen molar-refractivity contribution in [2.24, 2.45) is 11.3 Å². The van der Waals surface area contributed by atoms with Gasteiger partial charge < -0.3 is 29.7 Å². The lowest BCUT2D eigenvalue weighted by atomic mass is 9.72. The van der Waals surface area contributed by atoms with Gasteiger partial charge in [-0.05, 0) is 140 Å². The molecule has 1 aliphatic carbocycles. The third-order valence-corrected chi connectivity index (χ3v) is 19.6. The molecular weight excluding hydrogens is 1180 g/mol. The SMILES string of the molecule is CC1(C)CCC(CN2CCN(c3ccc(C(=O)NS(=O)(=O)c4ccc(NCC5CCCN(C(=O)CCCCCCCC#Cc6cccc7c6CN(C6CCC(=O)NC6=O)C7=O)C5)c([N+](=O)[O-])c4)c(Oc4cnc5[nH]ccc5c4)c3)CC2)=C(c2ccc(Cl)cc2)C1. The summed E-state index contributed by atoms with van der Waals surface area (Å²) in [6, 6.07) is 25.0. The maximum atomic E-state index is 14.2. The molecule has 2 aromatic heterocycles. The van der Waals surface area contributed by atoms with Gasteiger partial charge in [0, 0.05) is 124 Å². The Labute approximate surface area is 529 Å². The van der Waals surface area contributed by atoms with E-state index in [1.54, 1.807) is 36.5 Å². The van der Waals surface area contributed by atoms with Crippen molar-refractivity contribution in [1.82, 2.24) is 34.7 Å². The summed E-state index contributed by atoms with van der Waals surface area (Å²) in [5, 5.41) is 19.5. The van der Waals surface area contributed by atoms with Gasteiger partial charge in [0.05, 0.1) is 21.6 Å². The van der Waals surface area contributed by atoms with Crippen molar-refractivity contribution < 1.29 is 42.1 Å². The number of carbonyl (C=O) groups is 5. The second-order valence-electron chi connectivity index (χ2n) is 25.0. The lowest BCUT2D eigenvalue weighted by Gasteiger charge is -2.39. The average molecular weight is 1260 g/mol. The zero-order chi connectivity index (χ0) is 63.1. The number of allylic oxidation sites excluding steroid dienone is 1. The van der Waals surface area contributed by atoms with Gasteiger partial charge >= 0.3 is 0 Å². The summed E-state index contributed by atoms with van der Waals surface area (Å²) in [6.07, 6.45) is 14.0. The fourth-order valence-corrected chi connectivity index (χ4v) is 14.1. The highest BCUT2D eigenvalue weighted by Gasteiger charge is 2.40. The van der Waals surface area contributed by atoms with Gasteiger partial charge in [0.1, 0.15) is 28.9 Å². The molecule has 20 nitrogen and oxygen atoms in total. The fourth-order valence-electron chi connectivity index (χ4n) is 12.9. The number of carbonyl (C=O) groups excluding carboxylic acids is 5.